The molecule has 6 heteroatoms. The maximum Gasteiger partial charge on any atom is 0.242 e. The van der Waals surface area contributed by atoms with E-state index in [-0.39, 0.29) is 0 Å². The van der Waals surface area contributed by atoms with E-state index in [9.17, 15) is 13.2 Å². The second-order valence-electron chi connectivity index (χ2n) is 6.47. The molecule has 128 valence electrons. The molecule has 1 aliphatic rings. The van der Waals surface area contributed by atoms with Gasteiger partial charge in [-0.15, -0.1) is 0 Å². The summed E-state index contributed by atoms with van der Waals surface area (Å²) in [4.78, 5) is 14.4. The van der Waals surface area contributed by atoms with Crippen LogP contribution in [0, 0.1) is 0 Å². The van der Waals surface area contributed by atoms with Crippen molar-refractivity contribution in [2.45, 2.75) is 50.9 Å². The molecule has 2 rings (SSSR count). The largest absolute Gasteiger partial charge is 0.325 e. The summed E-state index contributed by atoms with van der Waals surface area (Å²) in [6.45, 7) is 5.71. The minimum Gasteiger partial charge on any atom is -0.325 e. The molecule has 5 nitrogen and oxygen atoms in total. The number of sulfone groups is 1. The van der Waals surface area contributed by atoms with Crippen LogP contribution in [0.5, 0.6) is 0 Å². The average Bonchev–Trinajstić information content (AvgIpc) is 2.49. The maximum absolute atomic E-state index is 11.9. The number of amides is 1. The Bertz CT molecular complexity index is 640. The lowest BCUT2D eigenvalue weighted by Gasteiger charge is -2.33. The summed E-state index contributed by atoms with van der Waals surface area (Å²) in [5.74, 6) is -0.495. The van der Waals surface area contributed by atoms with E-state index < -0.39 is 21.0 Å². The lowest BCUT2D eigenvalue weighted by atomic mass is 10.0. The molecule has 23 heavy (non-hydrogen) atoms. The van der Waals surface area contributed by atoms with Crippen molar-refractivity contribution in [1.82, 2.24) is 4.90 Å². The van der Waals surface area contributed by atoms with Crippen LogP contribution in [-0.2, 0) is 21.2 Å². The predicted molar refractivity (Wildman–Crippen MR) is 93.1 cm³/mol. The molecular formula is C17H26N2O3S. The van der Waals surface area contributed by atoms with Crippen LogP contribution in [0.2, 0.25) is 0 Å². The van der Waals surface area contributed by atoms with Gasteiger partial charge in [-0.2, -0.15) is 0 Å². The second-order valence-corrected chi connectivity index (χ2v) is 8.84. The van der Waals surface area contributed by atoms with Crippen LogP contribution >= 0.6 is 0 Å². The standard InChI is InChI=1S/C17H26N2O3S/c1-13-6-4-5-11-19(13)12-15-7-9-16(10-8-15)18-17(20)14(2)23(3,21)22/h7-10,13-14H,4-6,11-12H2,1-3H3,(H,18,20)/t13-,14-/m0/s1. The van der Waals surface area contributed by atoms with Crippen LogP contribution in [-0.4, -0.2) is 43.3 Å². The van der Waals surface area contributed by atoms with Gasteiger partial charge in [0.2, 0.25) is 5.91 Å². The number of benzene rings is 1. The number of piperidine rings is 1. The first-order valence-electron chi connectivity index (χ1n) is 8.10. The highest BCUT2D eigenvalue weighted by molar-refractivity contribution is 7.92. The highest BCUT2D eigenvalue weighted by Crippen LogP contribution is 2.20. The van der Waals surface area contributed by atoms with Crippen LogP contribution in [0.3, 0.4) is 0 Å². The lowest BCUT2D eigenvalue weighted by Crippen LogP contribution is -2.36. The first-order valence-corrected chi connectivity index (χ1v) is 10.1. The number of hydrogen-bond donors (Lipinski definition) is 1. The molecule has 1 fully saturated rings. The summed E-state index contributed by atoms with van der Waals surface area (Å²) in [6.07, 6.45) is 4.88. The van der Waals surface area contributed by atoms with Crippen LogP contribution in [0.15, 0.2) is 24.3 Å². The van der Waals surface area contributed by atoms with Crippen molar-refractivity contribution >= 4 is 21.4 Å². The van der Waals surface area contributed by atoms with Crippen molar-refractivity contribution in [1.29, 1.82) is 0 Å². The Labute approximate surface area is 139 Å². The monoisotopic (exact) mass is 338 g/mol. The van der Waals surface area contributed by atoms with E-state index in [0.717, 1.165) is 19.3 Å². The topological polar surface area (TPSA) is 66.5 Å². The van der Waals surface area contributed by atoms with Crippen molar-refractivity contribution in [2.24, 2.45) is 0 Å². The number of likely N-dealkylation sites (tertiary alicyclic amines) is 1. The zero-order chi connectivity index (χ0) is 17.0. The van der Waals surface area contributed by atoms with Gasteiger partial charge < -0.3 is 5.32 Å². The highest BCUT2D eigenvalue weighted by Gasteiger charge is 2.23. The fraction of sp³-hybridized carbons (Fsp3) is 0.588. The number of hydrogen-bond acceptors (Lipinski definition) is 4. The third-order valence-electron chi connectivity index (χ3n) is 4.56. The Morgan fingerprint density at radius 1 is 1.30 bits per heavy atom. The van der Waals surface area contributed by atoms with Crippen molar-refractivity contribution in [3.63, 3.8) is 0 Å². The van der Waals surface area contributed by atoms with Crippen LogP contribution < -0.4 is 5.32 Å². The zero-order valence-corrected chi connectivity index (χ0v) is 14.9. The summed E-state index contributed by atoms with van der Waals surface area (Å²) >= 11 is 0. The normalized spacial score (nSPS) is 20.9. The molecule has 1 aliphatic heterocycles. The fourth-order valence-corrected chi connectivity index (χ4v) is 3.21. The van der Waals surface area contributed by atoms with E-state index in [1.54, 1.807) is 0 Å². The second kappa shape index (κ2) is 7.45. The van der Waals surface area contributed by atoms with Gasteiger partial charge in [-0.1, -0.05) is 18.6 Å². The molecule has 0 unspecified atom stereocenters. The molecule has 0 aromatic heterocycles. The average molecular weight is 338 g/mol. The number of carbonyl (C=O) groups excluding carboxylic acids is 1. The van der Waals surface area contributed by atoms with Gasteiger partial charge in [-0.25, -0.2) is 8.42 Å². The Morgan fingerprint density at radius 3 is 2.52 bits per heavy atom. The van der Waals surface area contributed by atoms with Gasteiger partial charge >= 0.3 is 0 Å². The number of nitrogens with one attached hydrogen (secondary N) is 1. The molecule has 0 bridgehead atoms. The van der Waals surface area contributed by atoms with Crippen molar-refractivity contribution < 1.29 is 13.2 Å². The van der Waals surface area contributed by atoms with Gasteiger partial charge in [-0.3, -0.25) is 9.69 Å². The molecule has 0 radical (unpaired) electrons. The van der Waals surface area contributed by atoms with Gasteiger partial charge in [0.05, 0.1) is 0 Å². The number of anilines is 1. The molecule has 1 heterocycles. The van der Waals surface area contributed by atoms with E-state index in [1.807, 2.05) is 24.3 Å². The molecule has 0 aliphatic carbocycles. The van der Waals surface area contributed by atoms with Gasteiger partial charge in [-0.05, 0) is 50.9 Å². The Hall–Kier alpha value is -1.40. The molecule has 2 atom stereocenters. The molecular weight excluding hydrogens is 312 g/mol. The Morgan fingerprint density at radius 2 is 1.96 bits per heavy atom. The van der Waals surface area contributed by atoms with E-state index >= 15 is 0 Å². The van der Waals surface area contributed by atoms with Gasteiger partial charge in [0.15, 0.2) is 9.84 Å². The summed E-state index contributed by atoms with van der Waals surface area (Å²) in [7, 11) is -3.37. The van der Waals surface area contributed by atoms with Gasteiger partial charge in [0, 0.05) is 24.5 Å². The summed E-state index contributed by atoms with van der Waals surface area (Å²) < 4.78 is 22.8. The molecule has 1 saturated heterocycles. The van der Waals surface area contributed by atoms with Crippen molar-refractivity contribution in [3.8, 4) is 0 Å². The predicted octanol–water partition coefficient (Wildman–Crippen LogP) is 2.43. The van der Waals surface area contributed by atoms with Crippen molar-refractivity contribution in [2.75, 3.05) is 18.1 Å². The fourth-order valence-electron chi connectivity index (χ4n) is 2.76. The van der Waals surface area contributed by atoms with E-state index in [1.165, 1.54) is 31.7 Å². The van der Waals surface area contributed by atoms with Gasteiger partial charge in [0.1, 0.15) is 5.25 Å². The zero-order valence-electron chi connectivity index (χ0n) is 14.1. The molecule has 1 amide bonds. The number of nitrogens with zero attached hydrogens (tertiary/aromatic N) is 1. The SMILES string of the molecule is C[C@H]1CCCCN1Cc1ccc(NC(=O)[C@H](C)S(C)(=O)=O)cc1. The quantitative estimate of drug-likeness (QED) is 0.895. The minimum atomic E-state index is -3.37. The third-order valence-corrected chi connectivity index (χ3v) is 6.06. The van der Waals surface area contributed by atoms with Crippen LogP contribution in [0.25, 0.3) is 0 Å². The molecule has 0 spiro atoms. The summed E-state index contributed by atoms with van der Waals surface area (Å²) in [6, 6.07) is 8.25. The first-order chi connectivity index (χ1) is 10.8. The van der Waals surface area contributed by atoms with Gasteiger partial charge in [0.25, 0.3) is 0 Å². The van der Waals surface area contributed by atoms with E-state index in [2.05, 4.69) is 17.1 Å². The summed E-state index contributed by atoms with van der Waals surface area (Å²) in [5.41, 5.74) is 1.83. The Kier molecular flexibility index (Phi) is 5.81. The smallest absolute Gasteiger partial charge is 0.242 e. The highest BCUT2D eigenvalue weighted by atomic mass is 32.2. The molecule has 1 N–H and O–H groups in total. The van der Waals surface area contributed by atoms with E-state index in [0.29, 0.717) is 11.7 Å². The maximum atomic E-state index is 11.9. The third kappa shape index (κ3) is 5.04. The summed E-state index contributed by atoms with van der Waals surface area (Å²) in [5, 5.41) is 1.61. The van der Waals surface area contributed by atoms with Crippen LogP contribution in [0.1, 0.15) is 38.7 Å². The number of rotatable bonds is 5. The Balaban J connectivity index is 1.95. The molecule has 1 aromatic carbocycles. The number of carbonyl (C=O) groups is 1. The first kappa shape index (κ1) is 17.9. The van der Waals surface area contributed by atoms with Crippen LogP contribution in [0.4, 0.5) is 5.69 Å². The van der Waals surface area contributed by atoms with E-state index in [4.69, 9.17) is 0 Å². The molecule has 0 saturated carbocycles. The molecule has 1 aromatic rings. The lowest BCUT2D eigenvalue weighted by molar-refractivity contribution is -0.115. The van der Waals surface area contributed by atoms with Crippen molar-refractivity contribution in [3.05, 3.63) is 29.8 Å². The minimum absolute atomic E-state index is 0.495.